The number of aliphatic carboxylic acids is 1. The van der Waals surface area contributed by atoms with E-state index in [4.69, 9.17) is 16.7 Å². The Balaban J connectivity index is 2.61. The van der Waals surface area contributed by atoms with Gasteiger partial charge in [-0.05, 0) is 46.0 Å². The van der Waals surface area contributed by atoms with Gasteiger partial charge in [0.2, 0.25) is 0 Å². The summed E-state index contributed by atoms with van der Waals surface area (Å²) in [5, 5.41) is 12.8. The highest BCUT2D eigenvalue weighted by atomic mass is 79.9. The molecule has 0 aliphatic heterocycles. The van der Waals surface area contributed by atoms with Crippen molar-refractivity contribution in [2.24, 2.45) is 5.92 Å². The monoisotopic (exact) mass is 333 g/mol. The van der Waals surface area contributed by atoms with Crippen molar-refractivity contribution >= 4 is 33.5 Å². The molecule has 100 valence electrons. The highest BCUT2D eigenvalue weighted by Gasteiger charge is 2.17. The van der Waals surface area contributed by atoms with Gasteiger partial charge in [0.15, 0.2) is 0 Å². The maximum absolute atomic E-state index is 11.1. The number of halogens is 2. The first-order valence-corrected chi connectivity index (χ1v) is 6.97. The van der Waals surface area contributed by atoms with Crippen molar-refractivity contribution in [2.45, 2.75) is 32.9 Å². The van der Waals surface area contributed by atoms with Crippen LogP contribution in [-0.2, 0) is 11.3 Å². The Morgan fingerprint density at radius 3 is 2.67 bits per heavy atom. The third-order valence-electron chi connectivity index (χ3n) is 2.54. The van der Waals surface area contributed by atoms with Gasteiger partial charge in [-0.1, -0.05) is 31.5 Å². The molecule has 0 fully saturated rings. The van der Waals surface area contributed by atoms with E-state index in [1.165, 1.54) is 0 Å². The number of benzene rings is 1. The molecule has 0 aromatic heterocycles. The molecule has 0 radical (unpaired) electrons. The quantitative estimate of drug-likeness (QED) is 0.834. The number of nitrogens with one attached hydrogen (secondary N) is 1. The van der Waals surface area contributed by atoms with E-state index in [1.54, 1.807) is 6.07 Å². The van der Waals surface area contributed by atoms with Gasteiger partial charge in [0.1, 0.15) is 6.04 Å². The Kier molecular flexibility index (Phi) is 6.12. The average Bonchev–Trinajstić information content (AvgIpc) is 2.28. The van der Waals surface area contributed by atoms with E-state index in [0.717, 1.165) is 10.0 Å². The fraction of sp³-hybridized carbons (Fsp3) is 0.462. The molecule has 0 bridgehead atoms. The van der Waals surface area contributed by atoms with Crippen molar-refractivity contribution in [2.75, 3.05) is 0 Å². The molecule has 0 saturated heterocycles. The van der Waals surface area contributed by atoms with E-state index in [9.17, 15) is 4.79 Å². The maximum Gasteiger partial charge on any atom is 0.320 e. The van der Waals surface area contributed by atoms with Crippen LogP contribution in [0, 0.1) is 5.92 Å². The van der Waals surface area contributed by atoms with Crippen LogP contribution in [0.4, 0.5) is 0 Å². The molecule has 2 N–H and O–H groups in total. The lowest BCUT2D eigenvalue weighted by Crippen LogP contribution is -2.37. The predicted octanol–water partition coefficient (Wildman–Crippen LogP) is 3.69. The summed E-state index contributed by atoms with van der Waals surface area (Å²) in [6.45, 7) is 4.53. The van der Waals surface area contributed by atoms with Crippen LogP contribution in [0.5, 0.6) is 0 Å². The van der Waals surface area contributed by atoms with Crippen molar-refractivity contribution in [3.63, 3.8) is 0 Å². The van der Waals surface area contributed by atoms with E-state index in [-0.39, 0.29) is 0 Å². The van der Waals surface area contributed by atoms with Crippen LogP contribution in [-0.4, -0.2) is 17.1 Å². The summed E-state index contributed by atoms with van der Waals surface area (Å²) < 4.78 is 0.819. The summed E-state index contributed by atoms with van der Waals surface area (Å²) in [4.78, 5) is 11.1. The second-order valence-corrected chi connectivity index (χ2v) is 5.91. The Hall–Kier alpha value is -0.580. The first-order valence-electron chi connectivity index (χ1n) is 5.80. The topological polar surface area (TPSA) is 49.3 Å². The van der Waals surface area contributed by atoms with Gasteiger partial charge in [-0.15, -0.1) is 0 Å². The lowest BCUT2D eigenvalue weighted by molar-refractivity contribution is -0.140. The van der Waals surface area contributed by atoms with Gasteiger partial charge in [0.05, 0.1) is 5.02 Å². The molecule has 1 aromatic rings. The lowest BCUT2D eigenvalue weighted by Gasteiger charge is -2.16. The van der Waals surface area contributed by atoms with E-state index in [1.807, 2.05) is 26.0 Å². The molecule has 0 aliphatic carbocycles. The van der Waals surface area contributed by atoms with Gasteiger partial charge in [0, 0.05) is 11.0 Å². The van der Waals surface area contributed by atoms with Crippen LogP contribution in [0.3, 0.4) is 0 Å². The van der Waals surface area contributed by atoms with E-state index in [0.29, 0.717) is 23.9 Å². The third kappa shape index (κ3) is 4.96. The van der Waals surface area contributed by atoms with Crippen LogP contribution >= 0.6 is 27.5 Å². The van der Waals surface area contributed by atoms with Gasteiger partial charge in [-0.3, -0.25) is 4.79 Å². The molecule has 0 spiro atoms. The second kappa shape index (κ2) is 7.12. The zero-order chi connectivity index (χ0) is 13.7. The van der Waals surface area contributed by atoms with Crippen LogP contribution in [0.2, 0.25) is 5.02 Å². The molecule has 0 aliphatic rings. The number of hydrogen-bond acceptors (Lipinski definition) is 2. The number of hydrogen-bond donors (Lipinski definition) is 2. The minimum atomic E-state index is -0.809. The van der Waals surface area contributed by atoms with Crippen molar-refractivity contribution in [1.29, 1.82) is 0 Å². The lowest BCUT2D eigenvalue weighted by atomic mass is 10.0. The van der Waals surface area contributed by atoms with Crippen molar-refractivity contribution in [3.8, 4) is 0 Å². The minimum absolute atomic E-state index is 0.343. The maximum atomic E-state index is 11.1. The molecule has 1 atom stereocenters. The molecule has 0 amide bonds. The van der Waals surface area contributed by atoms with E-state index >= 15 is 0 Å². The first-order chi connectivity index (χ1) is 8.40. The number of carboxylic acids is 1. The SMILES string of the molecule is CC(C)C[C@H](NCc1ccc(Cl)c(Br)c1)C(=O)O. The fourth-order valence-corrected chi connectivity index (χ4v) is 2.18. The molecule has 0 heterocycles. The number of rotatable bonds is 6. The average molecular weight is 335 g/mol. The standard InChI is InChI=1S/C13H17BrClNO2/c1-8(2)5-12(13(17)18)16-7-9-3-4-11(15)10(14)6-9/h3-4,6,8,12,16H,5,7H2,1-2H3,(H,17,18)/t12-/m0/s1. The fourth-order valence-electron chi connectivity index (χ4n) is 1.63. The van der Waals surface area contributed by atoms with Gasteiger partial charge < -0.3 is 10.4 Å². The minimum Gasteiger partial charge on any atom is -0.480 e. The smallest absolute Gasteiger partial charge is 0.320 e. The summed E-state index contributed by atoms with van der Waals surface area (Å²) in [5.41, 5.74) is 1.00. The molecule has 0 unspecified atom stereocenters. The molecule has 5 heteroatoms. The summed E-state index contributed by atoms with van der Waals surface area (Å²) >= 11 is 9.25. The molecular weight excluding hydrogens is 318 g/mol. The molecule has 0 saturated carbocycles. The molecule has 1 aromatic carbocycles. The van der Waals surface area contributed by atoms with Gasteiger partial charge in [-0.25, -0.2) is 0 Å². The first kappa shape index (κ1) is 15.5. The van der Waals surface area contributed by atoms with Gasteiger partial charge >= 0.3 is 5.97 Å². The van der Waals surface area contributed by atoms with Gasteiger partial charge in [0.25, 0.3) is 0 Å². The second-order valence-electron chi connectivity index (χ2n) is 4.65. The molecular formula is C13H17BrClNO2. The van der Waals surface area contributed by atoms with Crippen molar-refractivity contribution in [3.05, 3.63) is 33.3 Å². The zero-order valence-electron chi connectivity index (χ0n) is 10.4. The van der Waals surface area contributed by atoms with Crippen molar-refractivity contribution < 1.29 is 9.90 Å². The predicted molar refractivity (Wildman–Crippen MR) is 76.9 cm³/mol. The molecule has 3 nitrogen and oxygen atoms in total. The summed E-state index contributed by atoms with van der Waals surface area (Å²) in [7, 11) is 0. The zero-order valence-corrected chi connectivity index (χ0v) is 12.8. The largest absolute Gasteiger partial charge is 0.480 e. The number of carbonyl (C=O) groups is 1. The summed E-state index contributed by atoms with van der Waals surface area (Å²) in [6, 6.07) is 5.05. The van der Waals surface area contributed by atoms with Gasteiger partial charge in [-0.2, -0.15) is 0 Å². The molecule has 18 heavy (non-hydrogen) atoms. The van der Waals surface area contributed by atoms with Crippen molar-refractivity contribution in [1.82, 2.24) is 5.32 Å². The van der Waals surface area contributed by atoms with Crippen LogP contribution < -0.4 is 5.32 Å². The Labute approximate surface area is 121 Å². The van der Waals surface area contributed by atoms with E-state index < -0.39 is 12.0 Å². The summed E-state index contributed by atoms with van der Waals surface area (Å²) in [6.07, 6.45) is 0.615. The van der Waals surface area contributed by atoms with Crippen LogP contribution in [0.1, 0.15) is 25.8 Å². The summed E-state index contributed by atoms with van der Waals surface area (Å²) in [5.74, 6) is -0.465. The Morgan fingerprint density at radius 2 is 2.17 bits per heavy atom. The third-order valence-corrected chi connectivity index (χ3v) is 3.76. The van der Waals surface area contributed by atoms with E-state index in [2.05, 4.69) is 21.2 Å². The normalized spacial score (nSPS) is 12.7. The number of carboxylic acid groups (broad SMARTS) is 1. The van der Waals surface area contributed by atoms with Crippen LogP contribution in [0.25, 0.3) is 0 Å². The Morgan fingerprint density at radius 1 is 1.50 bits per heavy atom. The highest BCUT2D eigenvalue weighted by molar-refractivity contribution is 9.10. The molecule has 1 rings (SSSR count). The Bertz CT molecular complexity index is 423. The highest BCUT2D eigenvalue weighted by Crippen LogP contribution is 2.23. The van der Waals surface area contributed by atoms with Crippen LogP contribution in [0.15, 0.2) is 22.7 Å².